The molecule has 4 rings (SSSR count). The summed E-state index contributed by atoms with van der Waals surface area (Å²) in [6, 6.07) is 12.4. The Morgan fingerprint density at radius 3 is 2.72 bits per heavy atom. The molecule has 2 atom stereocenters. The van der Waals surface area contributed by atoms with Gasteiger partial charge in [0.15, 0.2) is 0 Å². The van der Waals surface area contributed by atoms with Gasteiger partial charge in [0, 0.05) is 36.0 Å². The van der Waals surface area contributed by atoms with Crippen LogP contribution < -0.4 is 10.2 Å². The molecule has 8 heteroatoms. The Morgan fingerprint density at radius 2 is 1.97 bits per heavy atom. The van der Waals surface area contributed by atoms with Crippen LogP contribution in [0.1, 0.15) is 18.0 Å². The van der Waals surface area contributed by atoms with E-state index in [-0.39, 0.29) is 24.8 Å². The van der Waals surface area contributed by atoms with E-state index in [1.165, 1.54) is 29.2 Å². The maximum Gasteiger partial charge on any atom is 0.287 e. The number of halogens is 1. The van der Waals surface area contributed by atoms with Crippen molar-refractivity contribution in [3.05, 3.63) is 72.1 Å². The first-order valence-corrected chi connectivity index (χ1v) is 9.10. The molecule has 1 N–H and O–H groups in total. The SMILES string of the molecule is O=C1C=CC(c2ccccc2NC(=O)C2CC(=O)N(c3cccc(F)c3)C2)N=N1. The van der Waals surface area contributed by atoms with Crippen molar-refractivity contribution in [3.63, 3.8) is 0 Å². The van der Waals surface area contributed by atoms with Crippen molar-refractivity contribution in [2.75, 3.05) is 16.8 Å². The molecular weight excluding hydrogens is 375 g/mol. The third-order valence-electron chi connectivity index (χ3n) is 4.85. The third-order valence-corrected chi connectivity index (χ3v) is 4.85. The predicted octanol–water partition coefficient (Wildman–Crippen LogP) is 3.41. The number of amides is 3. The quantitative estimate of drug-likeness (QED) is 0.864. The number of carbonyl (C=O) groups excluding carboxylic acids is 3. The highest BCUT2D eigenvalue weighted by Crippen LogP contribution is 2.31. The van der Waals surface area contributed by atoms with Gasteiger partial charge in [-0.25, -0.2) is 4.39 Å². The predicted molar refractivity (Wildman–Crippen MR) is 104 cm³/mol. The van der Waals surface area contributed by atoms with E-state index < -0.39 is 23.7 Å². The van der Waals surface area contributed by atoms with Crippen LogP contribution in [0, 0.1) is 11.7 Å². The number of nitrogens with zero attached hydrogens (tertiary/aromatic N) is 3. The molecule has 2 aromatic rings. The van der Waals surface area contributed by atoms with Gasteiger partial charge in [0.2, 0.25) is 11.8 Å². The van der Waals surface area contributed by atoms with Gasteiger partial charge in [0.05, 0.1) is 5.92 Å². The molecule has 0 saturated carbocycles. The van der Waals surface area contributed by atoms with Gasteiger partial charge in [0.25, 0.3) is 5.91 Å². The Bertz CT molecular complexity index is 1030. The van der Waals surface area contributed by atoms with Crippen molar-refractivity contribution < 1.29 is 18.8 Å². The zero-order valence-electron chi connectivity index (χ0n) is 15.3. The molecule has 1 saturated heterocycles. The van der Waals surface area contributed by atoms with Crippen LogP contribution in [-0.2, 0) is 14.4 Å². The lowest BCUT2D eigenvalue weighted by atomic mass is 10.0. The van der Waals surface area contributed by atoms with Gasteiger partial charge in [-0.05, 0) is 30.3 Å². The topological polar surface area (TPSA) is 91.2 Å². The first-order chi connectivity index (χ1) is 14.0. The number of hydrogen-bond acceptors (Lipinski definition) is 4. The number of benzene rings is 2. The van der Waals surface area contributed by atoms with E-state index in [0.29, 0.717) is 16.9 Å². The molecule has 0 aliphatic carbocycles. The number of azo groups is 1. The fourth-order valence-corrected chi connectivity index (χ4v) is 3.41. The summed E-state index contributed by atoms with van der Waals surface area (Å²) in [6.45, 7) is 0.174. The molecule has 3 amide bonds. The van der Waals surface area contributed by atoms with Crippen LogP contribution in [0.3, 0.4) is 0 Å². The number of rotatable bonds is 4. The summed E-state index contributed by atoms with van der Waals surface area (Å²) in [4.78, 5) is 37.8. The number of hydrogen-bond donors (Lipinski definition) is 1. The van der Waals surface area contributed by atoms with Gasteiger partial charge in [-0.2, -0.15) is 5.11 Å². The molecule has 2 unspecified atom stereocenters. The second-order valence-corrected chi connectivity index (χ2v) is 6.82. The van der Waals surface area contributed by atoms with Gasteiger partial charge in [-0.3, -0.25) is 14.4 Å². The van der Waals surface area contributed by atoms with Crippen molar-refractivity contribution in [3.8, 4) is 0 Å². The van der Waals surface area contributed by atoms with Crippen molar-refractivity contribution in [2.45, 2.75) is 12.5 Å². The van der Waals surface area contributed by atoms with Crippen LogP contribution in [-0.4, -0.2) is 24.3 Å². The number of carbonyl (C=O) groups is 3. The molecule has 7 nitrogen and oxygen atoms in total. The molecule has 2 aliphatic heterocycles. The lowest BCUT2D eigenvalue weighted by Gasteiger charge is -2.18. The van der Waals surface area contributed by atoms with E-state index in [4.69, 9.17) is 0 Å². The highest BCUT2D eigenvalue weighted by molar-refractivity contribution is 6.03. The molecule has 146 valence electrons. The molecule has 0 bridgehead atoms. The van der Waals surface area contributed by atoms with Crippen LogP contribution in [0.2, 0.25) is 0 Å². The van der Waals surface area contributed by atoms with Crippen LogP contribution >= 0.6 is 0 Å². The lowest BCUT2D eigenvalue weighted by Crippen LogP contribution is -2.28. The van der Waals surface area contributed by atoms with E-state index in [1.807, 2.05) is 0 Å². The van der Waals surface area contributed by atoms with E-state index >= 15 is 0 Å². The average Bonchev–Trinajstić information content (AvgIpc) is 3.11. The van der Waals surface area contributed by atoms with Crippen molar-refractivity contribution in [2.24, 2.45) is 16.1 Å². The van der Waals surface area contributed by atoms with Crippen molar-refractivity contribution >= 4 is 29.1 Å². The number of para-hydroxylation sites is 1. The third kappa shape index (κ3) is 3.96. The van der Waals surface area contributed by atoms with E-state index in [0.717, 1.165) is 0 Å². The fourth-order valence-electron chi connectivity index (χ4n) is 3.41. The molecule has 0 aromatic heterocycles. The summed E-state index contributed by atoms with van der Waals surface area (Å²) in [7, 11) is 0. The normalized spacial score (nSPS) is 20.9. The minimum absolute atomic E-state index is 0.0437. The molecule has 29 heavy (non-hydrogen) atoms. The van der Waals surface area contributed by atoms with Gasteiger partial charge < -0.3 is 10.2 Å². The molecule has 0 radical (unpaired) electrons. The summed E-state index contributed by atoms with van der Waals surface area (Å²) in [6.07, 6.45) is 3.00. The summed E-state index contributed by atoms with van der Waals surface area (Å²) in [5, 5.41) is 10.4. The molecule has 2 heterocycles. The monoisotopic (exact) mass is 392 g/mol. The summed E-state index contributed by atoms with van der Waals surface area (Å²) in [5.74, 6) is -1.97. The van der Waals surface area contributed by atoms with Crippen LogP contribution in [0.5, 0.6) is 0 Å². The minimum atomic E-state index is -0.566. The minimum Gasteiger partial charge on any atom is -0.325 e. The van der Waals surface area contributed by atoms with Crippen LogP contribution in [0.25, 0.3) is 0 Å². The Labute approximate surface area is 165 Å². The summed E-state index contributed by atoms with van der Waals surface area (Å²) < 4.78 is 13.5. The molecule has 2 aromatic carbocycles. The smallest absolute Gasteiger partial charge is 0.287 e. The first kappa shape index (κ1) is 18.7. The van der Waals surface area contributed by atoms with Crippen molar-refractivity contribution in [1.29, 1.82) is 0 Å². The summed E-state index contributed by atoms with van der Waals surface area (Å²) >= 11 is 0. The van der Waals surface area contributed by atoms with Gasteiger partial charge in [-0.1, -0.05) is 24.3 Å². The maximum atomic E-state index is 13.5. The maximum absolute atomic E-state index is 13.5. The number of nitrogens with one attached hydrogen (secondary N) is 1. The zero-order chi connectivity index (χ0) is 20.4. The second kappa shape index (κ2) is 7.75. The highest BCUT2D eigenvalue weighted by atomic mass is 19.1. The van der Waals surface area contributed by atoms with Crippen LogP contribution in [0.15, 0.2) is 70.9 Å². The largest absolute Gasteiger partial charge is 0.325 e. The average molecular weight is 392 g/mol. The lowest BCUT2D eigenvalue weighted by molar-refractivity contribution is -0.122. The highest BCUT2D eigenvalue weighted by Gasteiger charge is 2.35. The zero-order valence-corrected chi connectivity index (χ0v) is 15.3. The van der Waals surface area contributed by atoms with Crippen LogP contribution in [0.4, 0.5) is 15.8 Å². The summed E-state index contributed by atoms with van der Waals surface area (Å²) in [5.41, 5.74) is 1.67. The standard InChI is InChI=1S/C21H17FN4O3/c22-14-4-3-5-15(11-14)26-12-13(10-20(26)28)21(29)23-17-7-2-1-6-16(17)18-8-9-19(27)25-24-18/h1-9,11,13,18H,10,12H2,(H,23,29). The Morgan fingerprint density at radius 1 is 1.14 bits per heavy atom. The van der Waals surface area contributed by atoms with E-state index in [9.17, 15) is 18.8 Å². The molecular formula is C21H17FN4O3. The van der Waals surface area contributed by atoms with Crippen molar-refractivity contribution in [1.82, 2.24) is 0 Å². The number of anilines is 2. The Balaban J connectivity index is 1.49. The molecule has 2 aliphatic rings. The van der Waals surface area contributed by atoms with E-state index in [2.05, 4.69) is 15.5 Å². The fraction of sp³-hybridized carbons (Fsp3) is 0.190. The van der Waals surface area contributed by atoms with Gasteiger partial charge >= 0.3 is 0 Å². The molecule has 0 spiro atoms. The van der Waals surface area contributed by atoms with Gasteiger partial charge in [-0.15, -0.1) is 5.11 Å². The molecule has 1 fully saturated rings. The first-order valence-electron chi connectivity index (χ1n) is 9.10. The Kier molecular flexibility index (Phi) is 4.99. The second-order valence-electron chi connectivity index (χ2n) is 6.82. The van der Waals surface area contributed by atoms with Gasteiger partial charge in [0.1, 0.15) is 11.9 Å². The van der Waals surface area contributed by atoms with E-state index in [1.54, 1.807) is 36.4 Å². The Hall–Kier alpha value is -3.68.